The molecule has 2 nitrogen and oxygen atoms in total. The van der Waals surface area contributed by atoms with Crippen LogP contribution in [0.5, 0.6) is 5.75 Å². The Bertz CT molecular complexity index is 450. The zero-order chi connectivity index (χ0) is 9.42. The van der Waals surface area contributed by atoms with Gasteiger partial charge in [-0.2, -0.15) is 0 Å². The number of thiophene rings is 1. The molecule has 68 valence electrons. The summed E-state index contributed by atoms with van der Waals surface area (Å²) in [6.45, 7) is 0. The van der Waals surface area contributed by atoms with Crippen LogP contribution in [0.2, 0.25) is 0 Å². The number of nitrogens with two attached hydrogens (primary N) is 1. The van der Waals surface area contributed by atoms with E-state index in [1.807, 2.05) is 18.2 Å². The van der Waals surface area contributed by atoms with Crippen molar-refractivity contribution in [1.82, 2.24) is 0 Å². The molecule has 0 atom stereocenters. The Kier molecular flexibility index (Phi) is 2.09. The first kappa shape index (κ1) is 8.72. The number of ether oxygens (including phenoxy) is 1. The molecule has 13 heavy (non-hydrogen) atoms. The third kappa shape index (κ3) is 1.36. The molecular formula is C9H9NOS2. The lowest BCUT2D eigenvalue weighted by Gasteiger charge is -1.98. The lowest BCUT2D eigenvalue weighted by Crippen LogP contribution is -1.83. The number of anilines is 1. The molecular weight excluding hydrogens is 202 g/mol. The van der Waals surface area contributed by atoms with Gasteiger partial charge in [-0.25, -0.2) is 0 Å². The van der Waals surface area contributed by atoms with E-state index >= 15 is 0 Å². The van der Waals surface area contributed by atoms with Crippen LogP contribution in [0.25, 0.3) is 10.1 Å². The van der Waals surface area contributed by atoms with Gasteiger partial charge in [-0.05, 0) is 18.2 Å². The van der Waals surface area contributed by atoms with Crippen LogP contribution in [0, 0.1) is 0 Å². The summed E-state index contributed by atoms with van der Waals surface area (Å²) in [7, 11) is 1.65. The van der Waals surface area contributed by atoms with Gasteiger partial charge >= 0.3 is 0 Å². The number of rotatable bonds is 1. The lowest BCUT2D eigenvalue weighted by atomic mass is 10.2. The first-order chi connectivity index (χ1) is 6.22. The van der Waals surface area contributed by atoms with E-state index < -0.39 is 0 Å². The third-order valence-corrected chi connectivity index (χ3v) is 3.40. The molecule has 0 aliphatic carbocycles. The second-order valence-corrected chi connectivity index (χ2v) is 4.48. The van der Waals surface area contributed by atoms with Gasteiger partial charge < -0.3 is 10.5 Å². The van der Waals surface area contributed by atoms with E-state index in [0.29, 0.717) is 0 Å². The van der Waals surface area contributed by atoms with Crippen molar-refractivity contribution < 1.29 is 4.74 Å². The standard InChI is InChI=1S/C9H9NOS2/c1-11-5-2-3-6-7(4-5)13-9(12)8(6)10/h2-4,12H,10H2,1H3. The van der Waals surface area contributed by atoms with Crippen molar-refractivity contribution in [2.45, 2.75) is 4.21 Å². The van der Waals surface area contributed by atoms with E-state index in [1.54, 1.807) is 18.4 Å². The van der Waals surface area contributed by atoms with Crippen molar-refractivity contribution in [1.29, 1.82) is 0 Å². The summed E-state index contributed by atoms with van der Waals surface area (Å²) in [5, 5.41) is 1.05. The molecule has 0 unspecified atom stereocenters. The Morgan fingerprint density at radius 2 is 2.23 bits per heavy atom. The molecule has 2 rings (SSSR count). The van der Waals surface area contributed by atoms with Crippen LogP contribution in [0.3, 0.4) is 0 Å². The zero-order valence-electron chi connectivity index (χ0n) is 7.07. The summed E-state index contributed by atoms with van der Waals surface area (Å²) in [6.07, 6.45) is 0. The van der Waals surface area contributed by atoms with Gasteiger partial charge in [0, 0.05) is 10.1 Å². The highest BCUT2D eigenvalue weighted by atomic mass is 32.2. The van der Waals surface area contributed by atoms with Crippen LogP contribution < -0.4 is 10.5 Å². The quantitative estimate of drug-likeness (QED) is 0.711. The fraction of sp³-hybridized carbons (Fsp3) is 0.111. The molecule has 0 saturated carbocycles. The maximum atomic E-state index is 5.82. The predicted molar refractivity (Wildman–Crippen MR) is 60.0 cm³/mol. The van der Waals surface area contributed by atoms with Crippen LogP contribution in [0.1, 0.15) is 0 Å². The molecule has 1 aromatic carbocycles. The topological polar surface area (TPSA) is 35.2 Å². The summed E-state index contributed by atoms with van der Waals surface area (Å²) in [5.41, 5.74) is 6.58. The molecule has 0 aliphatic rings. The van der Waals surface area contributed by atoms with Crippen LogP contribution in [0.15, 0.2) is 22.4 Å². The van der Waals surface area contributed by atoms with Gasteiger partial charge in [0.2, 0.25) is 0 Å². The van der Waals surface area contributed by atoms with Crippen LogP contribution >= 0.6 is 24.0 Å². The number of methoxy groups -OCH3 is 1. The maximum absolute atomic E-state index is 5.82. The Labute approximate surface area is 85.7 Å². The van der Waals surface area contributed by atoms with Gasteiger partial charge in [-0.15, -0.1) is 24.0 Å². The number of thiol groups is 1. The summed E-state index contributed by atoms with van der Waals surface area (Å²) < 4.78 is 7.09. The highest BCUT2D eigenvalue weighted by Gasteiger charge is 2.06. The SMILES string of the molecule is COc1ccc2c(N)c(S)sc2c1. The first-order valence-corrected chi connectivity index (χ1v) is 5.03. The van der Waals surface area contributed by atoms with Crippen molar-refractivity contribution in [2.75, 3.05) is 12.8 Å². The fourth-order valence-electron chi connectivity index (χ4n) is 1.21. The summed E-state index contributed by atoms with van der Waals surface area (Å²) in [6, 6.07) is 5.83. The molecule has 0 bridgehead atoms. The Balaban J connectivity index is 2.73. The van der Waals surface area contributed by atoms with Crippen LogP contribution in [-0.2, 0) is 0 Å². The highest BCUT2D eigenvalue weighted by molar-refractivity contribution is 7.83. The Morgan fingerprint density at radius 3 is 2.92 bits per heavy atom. The largest absolute Gasteiger partial charge is 0.497 e. The fourth-order valence-corrected chi connectivity index (χ4v) is 2.52. The van der Waals surface area contributed by atoms with Crippen molar-refractivity contribution >= 4 is 39.7 Å². The van der Waals surface area contributed by atoms with Gasteiger partial charge in [0.25, 0.3) is 0 Å². The van der Waals surface area contributed by atoms with E-state index in [-0.39, 0.29) is 0 Å². The van der Waals surface area contributed by atoms with E-state index in [4.69, 9.17) is 10.5 Å². The Hall–Kier alpha value is -0.870. The zero-order valence-corrected chi connectivity index (χ0v) is 8.78. The third-order valence-electron chi connectivity index (χ3n) is 1.92. The molecule has 2 aromatic rings. The minimum absolute atomic E-state index is 0.756. The molecule has 0 radical (unpaired) electrons. The molecule has 0 spiro atoms. The van der Waals surface area contributed by atoms with E-state index in [2.05, 4.69) is 12.6 Å². The van der Waals surface area contributed by atoms with Gasteiger partial charge in [0.1, 0.15) is 5.75 Å². The molecule has 0 aliphatic heterocycles. The van der Waals surface area contributed by atoms with Gasteiger partial charge in [-0.1, -0.05) is 0 Å². The Morgan fingerprint density at radius 1 is 1.46 bits per heavy atom. The van der Waals surface area contributed by atoms with Crippen LogP contribution in [-0.4, -0.2) is 7.11 Å². The molecule has 4 heteroatoms. The van der Waals surface area contributed by atoms with Gasteiger partial charge in [0.15, 0.2) is 0 Å². The molecule has 1 heterocycles. The first-order valence-electron chi connectivity index (χ1n) is 3.77. The number of hydrogen-bond donors (Lipinski definition) is 2. The second-order valence-electron chi connectivity index (χ2n) is 2.68. The second kappa shape index (κ2) is 3.12. The average molecular weight is 211 g/mol. The summed E-state index contributed by atoms with van der Waals surface area (Å²) in [5.74, 6) is 0.849. The van der Waals surface area contributed by atoms with Crippen molar-refractivity contribution in [3.8, 4) is 5.75 Å². The number of fused-ring (bicyclic) bond motifs is 1. The summed E-state index contributed by atoms with van der Waals surface area (Å²) >= 11 is 5.84. The molecule has 0 amide bonds. The van der Waals surface area contributed by atoms with E-state index in [1.165, 1.54) is 0 Å². The van der Waals surface area contributed by atoms with Gasteiger partial charge in [-0.3, -0.25) is 0 Å². The van der Waals surface area contributed by atoms with Crippen LogP contribution in [0.4, 0.5) is 5.69 Å². The molecule has 0 saturated heterocycles. The average Bonchev–Trinajstić information content (AvgIpc) is 2.42. The molecule has 1 aromatic heterocycles. The van der Waals surface area contributed by atoms with E-state index in [9.17, 15) is 0 Å². The molecule has 0 fully saturated rings. The van der Waals surface area contributed by atoms with E-state index in [0.717, 1.165) is 25.7 Å². The highest BCUT2D eigenvalue weighted by Crippen LogP contribution is 2.37. The number of benzene rings is 1. The monoisotopic (exact) mass is 211 g/mol. The minimum Gasteiger partial charge on any atom is -0.497 e. The van der Waals surface area contributed by atoms with Crippen molar-refractivity contribution in [3.05, 3.63) is 18.2 Å². The van der Waals surface area contributed by atoms with Crippen molar-refractivity contribution in [3.63, 3.8) is 0 Å². The maximum Gasteiger partial charge on any atom is 0.120 e. The van der Waals surface area contributed by atoms with Gasteiger partial charge in [0.05, 0.1) is 17.0 Å². The molecule has 2 N–H and O–H groups in total. The smallest absolute Gasteiger partial charge is 0.120 e. The number of hydrogen-bond acceptors (Lipinski definition) is 4. The van der Waals surface area contributed by atoms with Crippen molar-refractivity contribution in [2.24, 2.45) is 0 Å². The minimum atomic E-state index is 0.756. The normalized spacial score (nSPS) is 10.6. The lowest BCUT2D eigenvalue weighted by molar-refractivity contribution is 0.415. The number of nitrogen functional groups attached to an aromatic ring is 1. The predicted octanol–water partition coefficient (Wildman–Crippen LogP) is 2.78. The summed E-state index contributed by atoms with van der Waals surface area (Å²) in [4.78, 5) is 0.